The maximum Gasteiger partial charge on any atom is 0.192 e. The highest BCUT2D eigenvalue weighted by Crippen LogP contribution is 2.79. The summed E-state index contributed by atoms with van der Waals surface area (Å²) in [4.78, 5) is 12.5. The molecule has 1 saturated heterocycles. The van der Waals surface area contributed by atoms with E-state index in [-0.39, 0.29) is 11.5 Å². The van der Waals surface area contributed by atoms with Crippen molar-refractivity contribution < 1.29 is 4.79 Å². The monoisotopic (exact) mass is 298 g/mol. The molecule has 2 fully saturated rings. The Bertz CT molecular complexity index is 662. The molecule has 0 radical (unpaired) electrons. The first-order valence-electron chi connectivity index (χ1n) is 6.44. The summed E-state index contributed by atoms with van der Waals surface area (Å²) in [7, 11) is 0. The maximum atomic E-state index is 12.5. The lowest BCUT2D eigenvalue weighted by Gasteiger charge is -2.66. The lowest BCUT2D eigenvalue weighted by Crippen LogP contribution is -2.78. The van der Waals surface area contributed by atoms with Gasteiger partial charge in [-0.05, 0) is 0 Å². The van der Waals surface area contributed by atoms with E-state index in [1.165, 1.54) is 11.8 Å². The molecule has 21 heavy (non-hydrogen) atoms. The van der Waals surface area contributed by atoms with Crippen LogP contribution in [-0.2, 0) is 4.79 Å². The van der Waals surface area contributed by atoms with Gasteiger partial charge >= 0.3 is 0 Å². The highest BCUT2D eigenvalue weighted by molar-refractivity contribution is 8.01. The third kappa shape index (κ3) is 1.09. The van der Waals surface area contributed by atoms with Crippen molar-refractivity contribution in [1.82, 2.24) is 0 Å². The fraction of sp³-hybridized carbons (Fsp3) is 0.667. The van der Waals surface area contributed by atoms with Crippen LogP contribution in [0, 0.1) is 67.0 Å². The summed E-state index contributed by atoms with van der Waals surface area (Å²) in [5.41, 5.74) is -5.45. The number of ketones is 1. The van der Waals surface area contributed by atoms with Gasteiger partial charge in [-0.25, -0.2) is 0 Å². The molecule has 1 aliphatic carbocycles. The smallest absolute Gasteiger partial charge is 0.192 e. The lowest BCUT2D eigenvalue weighted by molar-refractivity contribution is -0.167. The topological polar surface area (TPSA) is 112 Å². The van der Waals surface area contributed by atoms with Gasteiger partial charge in [0.1, 0.15) is 5.78 Å². The summed E-state index contributed by atoms with van der Waals surface area (Å²) in [6.07, 6.45) is 0. The van der Waals surface area contributed by atoms with Gasteiger partial charge in [0, 0.05) is 16.6 Å². The molecule has 106 valence electrons. The Labute approximate surface area is 128 Å². The van der Waals surface area contributed by atoms with Crippen LogP contribution < -0.4 is 0 Å². The van der Waals surface area contributed by atoms with E-state index in [2.05, 4.69) is 0 Å². The van der Waals surface area contributed by atoms with Gasteiger partial charge in [0.2, 0.25) is 0 Å². The zero-order valence-electron chi connectivity index (χ0n) is 12.3. The van der Waals surface area contributed by atoms with Crippen molar-refractivity contribution in [2.24, 2.45) is 21.7 Å². The van der Waals surface area contributed by atoms with E-state index in [1.807, 2.05) is 24.3 Å². The van der Waals surface area contributed by atoms with Crippen LogP contribution in [0.3, 0.4) is 0 Å². The SMILES string of the molecule is CC1(C)C(=O)C(C)(C)C12SCC(C#N)(C#N)C2(C#N)C#N. The fourth-order valence-corrected chi connectivity index (χ4v) is 6.65. The van der Waals surface area contributed by atoms with Gasteiger partial charge in [0.05, 0.1) is 29.0 Å². The summed E-state index contributed by atoms with van der Waals surface area (Å²) in [5.74, 6) is 0.00500. The molecule has 0 amide bonds. The number of Topliss-reactive ketones (excluding diaryl/α,β-unsaturated/α-hetero) is 1. The highest BCUT2D eigenvalue weighted by Gasteiger charge is 2.88. The Morgan fingerprint density at radius 2 is 1.33 bits per heavy atom. The normalized spacial score (nSPS) is 28.5. The zero-order chi connectivity index (χ0) is 16.3. The molecular formula is C15H14N4OS. The number of rotatable bonds is 0. The molecule has 6 heteroatoms. The summed E-state index contributed by atoms with van der Waals surface area (Å²) >= 11 is 1.25. The summed E-state index contributed by atoms with van der Waals surface area (Å²) in [6.45, 7) is 6.79. The predicted octanol–water partition coefficient (Wildman–Crippen LogP) is 2.17. The largest absolute Gasteiger partial charge is 0.298 e. The molecule has 5 nitrogen and oxygen atoms in total. The second-order valence-corrected chi connectivity index (χ2v) is 7.84. The van der Waals surface area contributed by atoms with Crippen LogP contribution in [0.1, 0.15) is 27.7 Å². The Morgan fingerprint density at radius 1 is 0.905 bits per heavy atom. The number of hydrogen-bond acceptors (Lipinski definition) is 6. The Morgan fingerprint density at radius 3 is 1.67 bits per heavy atom. The van der Waals surface area contributed by atoms with E-state index in [1.54, 1.807) is 27.7 Å². The molecular weight excluding hydrogens is 284 g/mol. The Balaban J connectivity index is 2.90. The number of thioether (sulfide) groups is 1. The molecule has 0 bridgehead atoms. The van der Waals surface area contributed by atoms with E-state index in [4.69, 9.17) is 0 Å². The van der Waals surface area contributed by atoms with Gasteiger partial charge in [-0.2, -0.15) is 21.0 Å². The van der Waals surface area contributed by atoms with Crippen molar-refractivity contribution in [3.05, 3.63) is 0 Å². The van der Waals surface area contributed by atoms with E-state index in [0.717, 1.165) is 0 Å². The molecule has 2 rings (SSSR count). The molecule has 0 unspecified atom stereocenters. The summed E-state index contributed by atoms with van der Waals surface area (Å²) in [6, 6.07) is 7.72. The third-order valence-corrected chi connectivity index (χ3v) is 7.62. The first kappa shape index (κ1) is 15.4. The van der Waals surface area contributed by atoms with Crippen LogP contribution >= 0.6 is 11.8 Å². The Kier molecular flexibility index (Phi) is 2.77. The quantitative estimate of drug-likeness (QED) is 0.677. The van der Waals surface area contributed by atoms with Crippen molar-refractivity contribution in [2.45, 2.75) is 32.4 Å². The van der Waals surface area contributed by atoms with Gasteiger partial charge in [-0.3, -0.25) is 4.79 Å². The minimum atomic E-state index is -1.84. The van der Waals surface area contributed by atoms with Crippen molar-refractivity contribution in [3.63, 3.8) is 0 Å². The number of carbonyl (C=O) groups excluding carboxylic acids is 1. The van der Waals surface area contributed by atoms with Gasteiger partial charge in [-0.15, -0.1) is 11.8 Å². The second-order valence-electron chi connectivity index (χ2n) is 6.65. The predicted molar refractivity (Wildman–Crippen MR) is 75.1 cm³/mol. The van der Waals surface area contributed by atoms with Crippen LogP contribution in [0.5, 0.6) is 0 Å². The van der Waals surface area contributed by atoms with Gasteiger partial charge < -0.3 is 0 Å². The molecule has 0 aromatic heterocycles. The van der Waals surface area contributed by atoms with Crippen LogP contribution in [0.15, 0.2) is 0 Å². The zero-order valence-corrected chi connectivity index (χ0v) is 13.1. The molecule has 1 spiro atoms. The minimum absolute atomic E-state index is 0.0518. The molecule has 0 atom stereocenters. The van der Waals surface area contributed by atoms with E-state index >= 15 is 0 Å². The number of hydrogen-bond donors (Lipinski definition) is 0. The van der Waals surface area contributed by atoms with Crippen LogP contribution in [-0.4, -0.2) is 16.3 Å². The van der Waals surface area contributed by atoms with E-state index < -0.39 is 26.4 Å². The first-order valence-corrected chi connectivity index (χ1v) is 7.43. The van der Waals surface area contributed by atoms with Gasteiger partial charge in [0.25, 0.3) is 0 Å². The Hall–Kier alpha value is -2.02. The maximum absolute atomic E-state index is 12.5. The number of nitrogens with zero attached hydrogens (tertiary/aromatic N) is 4. The average molecular weight is 298 g/mol. The second kappa shape index (κ2) is 3.79. The van der Waals surface area contributed by atoms with Gasteiger partial charge in [-0.1, -0.05) is 27.7 Å². The highest BCUT2D eigenvalue weighted by atomic mass is 32.2. The molecule has 1 aliphatic heterocycles. The summed E-state index contributed by atoms with van der Waals surface area (Å²) < 4.78 is -1.07. The number of carbonyl (C=O) groups is 1. The standard InChI is InChI=1S/C15H14N4OS/c1-11(2)10(20)12(3,4)15(11)14(7-18,8-19)13(5-16,6-17)9-21-15/h9H2,1-4H3. The molecule has 0 aromatic rings. The van der Waals surface area contributed by atoms with Crippen molar-refractivity contribution in [3.8, 4) is 24.3 Å². The fourth-order valence-electron chi connectivity index (χ4n) is 4.48. The summed E-state index contributed by atoms with van der Waals surface area (Å²) in [5, 5.41) is 38.5. The van der Waals surface area contributed by atoms with Crippen LogP contribution in [0.25, 0.3) is 0 Å². The van der Waals surface area contributed by atoms with Crippen LogP contribution in [0.4, 0.5) is 0 Å². The molecule has 0 aromatic carbocycles. The van der Waals surface area contributed by atoms with Crippen molar-refractivity contribution in [2.75, 3.05) is 5.75 Å². The third-order valence-electron chi connectivity index (χ3n) is 5.29. The van der Waals surface area contributed by atoms with Crippen LogP contribution in [0.2, 0.25) is 0 Å². The minimum Gasteiger partial charge on any atom is -0.298 e. The molecule has 1 heterocycles. The van der Waals surface area contributed by atoms with E-state index in [0.29, 0.717) is 0 Å². The van der Waals surface area contributed by atoms with Crippen molar-refractivity contribution >= 4 is 17.5 Å². The lowest BCUT2D eigenvalue weighted by atomic mass is 9.36. The first-order chi connectivity index (χ1) is 9.60. The van der Waals surface area contributed by atoms with Gasteiger partial charge in [0.15, 0.2) is 10.8 Å². The molecule has 0 N–H and O–H groups in total. The van der Waals surface area contributed by atoms with Crippen molar-refractivity contribution in [1.29, 1.82) is 21.0 Å². The average Bonchev–Trinajstić information content (AvgIpc) is 2.79. The van der Waals surface area contributed by atoms with E-state index in [9.17, 15) is 25.8 Å². The number of nitriles is 4. The molecule has 2 aliphatic rings. The molecule has 1 saturated carbocycles.